The first-order valence-corrected chi connectivity index (χ1v) is 7.64. The molecule has 102 valence electrons. The summed E-state index contributed by atoms with van der Waals surface area (Å²) in [7, 11) is 1.94. The van der Waals surface area contributed by atoms with Gasteiger partial charge in [-0.2, -0.15) is 5.26 Å². The number of benzene rings is 2. The van der Waals surface area contributed by atoms with E-state index in [1.165, 1.54) is 10.5 Å². The highest BCUT2D eigenvalue weighted by Crippen LogP contribution is 2.27. The number of halogens is 1. The molecule has 0 aromatic heterocycles. The molecule has 0 aliphatic heterocycles. The lowest BCUT2D eigenvalue weighted by atomic mass is 10.2. The summed E-state index contributed by atoms with van der Waals surface area (Å²) in [5.41, 5.74) is 2.91. The minimum absolute atomic E-state index is 0.597. The summed E-state index contributed by atoms with van der Waals surface area (Å²) in [4.78, 5) is 1.22. The third-order valence-corrected chi connectivity index (χ3v) is 4.25. The summed E-state index contributed by atoms with van der Waals surface area (Å²) in [6, 6.07) is 16.0. The molecule has 0 bridgehead atoms. The predicted molar refractivity (Wildman–Crippen MR) is 84.9 cm³/mol. The van der Waals surface area contributed by atoms with Crippen LogP contribution < -0.4 is 5.32 Å². The molecule has 0 aliphatic rings. The van der Waals surface area contributed by atoms with E-state index >= 15 is 0 Å². The zero-order chi connectivity index (χ0) is 14.4. The molecule has 0 spiro atoms. The Balaban J connectivity index is 2.05. The molecule has 0 aliphatic carbocycles. The van der Waals surface area contributed by atoms with Crippen LogP contribution in [0.15, 0.2) is 47.4 Å². The average Bonchev–Trinajstić information content (AvgIpc) is 2.46. The number of nitrogens with zero attached hydrogens (tertiary/aromatic N) is 1. The Labute approximate surface area is 128 Å². The Bertz CT molecular complexity index is 635. The quantitative estimate of drug-likeness (QED) is 0.840. The fourth-order valence-corrected chi connectivity index (χ4v) is 3.15. The number of hydrogen-bond acceptors (Lipinski definition) is 3. The van der Waals surface area contributed by atoms with Gasteiger partial charge in [0, 0.05) is 22.2 Å². The maximum Gasteiger partial charge on any atom is 0.0992 e. The minimum Gasteiger partial charge on any atom is -0.316 e. The van der Waals surface area contributed by atoms with Crippen molar-refractivity contribution in [2.24, 2.45) is 0 Å². The largest absolute Gasteiger partial charge is 0.316 e. The highest BCUT2D eigenvalue weighted by molar-refractivity contribution is 7.98. The van der Waals surface area contributed by atoms with Gasteiger partial charge in [0.1, 0.15) is 0 Å². The standard InChI is InChI=1S/C16H15ClN2S/c1-19-10-13-3-2-4-15(7-13)20-11-14-6-5-12(9-18)8-16(14)17/h2-8,19H,10-11H2,1H3. The van der Waals surface area contributed by atoms with Crippen LogP contribution in [0.2, 0.25) is 5.02 Å². The second-order valence-electron chi connectivity index (χ2n) is 4.38. The highest BCUT2D eigenvalue weighted by atomic mass is 35.5. The van der Waals surface area contributed by atoms with Crippen LogP contribution in [0.5, 0.6) is 0 Å². The first-order chi connectivity index (χ1) is 9.72. The maximum absolute atomic E-state index is 8.82. The van der Waals surface area contributed by atoms with E-state index in [4.69, 9.17) is 16.9 Å². The van der Waals surface area contributed by atoms with Gasteiger partial charge in [0.05, 0.1) is 11.6 Å². The van der Waals surface area contributed by atoms with E-state index in [2.05, 4.69) is 35.7 Å². The number of nitrogens with one attached hydrogen (secondary N) is 1. The fraction of sp³-hybridized carbons (Fsp3) is 0.188. The summed E-state index contributed by atoms with van der Waals surface area (Å²) in [5.74, 6) is 0.799. The third-order valence-electron chi connectivity index (χ3n) is 2.86. The van der Waals surface area contributed by atoms with Crippen LogP contribution in [0, 0.1) is 11.3 Å². The van der Waals surface area contributed by atoms with Crippen molar-refractivity contribution in [3.8, 4) is 6.07 Å². The normalized spacial score (nSPS) is 10.2. The van der Waals surface area contributed by atoms with Crippen LogP contribution in [0.1, 0.15) is 16.7 Å². The topological polar surface area (TPSA) is 35.8 Å². The van der Waals surface area contributed by atoms with Crippen molar-refractivity contribution in [1.29, 1.82) is 5.26 Å². The van der Waals surface area contributed by atoms with Gasteiger partial charge in [0.15, 0.2) is 0 Å². The molecule has 0 saturated carbocycles. The lowest BCUT2D eigenvalue weighted by Crippen LogP contribution is -2.04. The summed E-state index contributed by atoms with van der Waals surface area (Å²) >= 11 is 7.93. The minimum atomic E-state index is 0.597. The Hall–Kier alpha value is -1.47. The van der Waals surface area contributed by atoms with Crippen molar-refractivity contribution in [3.05, 3.63) is 64.2 Å². The molecule has 2 nitrogen and oxygen atoms in total. The molecule has 0 unspecified atom stereocenters. The van der Waals surface area contributed by atoms with Gasteiger partial charge < -0.3 is 5.32 Å². The Kier molecular flexibility index (Phi) is 5.49. The molecular formula is C16H15ClN2S. The van der Waals surface area contributed by atoms with E-state index in [1.807, 2.05) is 13.1 Å². The summed E-state index contributed by atoms with van der Waals surface area (Å²) < 4.78 is 0. The summed E-state index contributed by atoms with van der Waals surface area (Å²) in [6.07, 6.45) is 0. The molecule has 0 fully saturated rings. The van der Waals surface area contributed by atoms with Gasteiger partial charge in [-0.3, -0.25) is 0 Å². The molecular weight excluding hydrogens is 288 g/mol. The lowest BCUT2D eigenvalue weighted by molar-refractivity contribution is 0.815. The van der Waals surface area contributed by atoms with Crippen molar-refractivity contribution in [2.75, 3.05) is 7.05 Å². The summed E-state index contributed by atoms with van der Waals surface area (Å²) in [5, 5.41) is 12.6. The van der Waals surface area contributed by atoms with Crippen molar-refractivity contribution >= 4 is 23.4 Å². The Morgan fingerprint density at radius 2 is 2.10 bits per heavy atom. The van der Waals surface area contributed by atoms with Crippen LogP contribution in [0.25, 0.3) is 0 Å². The van der Waals surface area contributed by atoms with Crippen molar-refractivity contribution in [1.82, 2.24) is 5.32 Å². The first kappa shape index (κ1) is 14.9. The van der Waals surface area contributed by atoms with Gasteiger partial charge in [-0.15, -0.1) is 11.8 Å². The number of rotatable bonds is 5. The van der Waals surface area contributed by atoms with Gasteiger partial charge in [0.25, 0.3) is 0 Å². The predicted octanol–water partition coefficient (Wildman–Crippen LogP) is 4.22. The van der Waals surface area contributed by atoms with Crippen molar-refractivity contribution < 1.29 is 0 Å². The Morgan fingerprint density at radius 1 is 1.25 bits per heavy atom. The lowest BCUT2D eigenvalue weighted by Gasteiger charge is -2.06. The molecule has 2 rings (SSSR count). The van der Waals surface area contributed by atoms with Crippen LogP contribution in [-0.2, 0) is 12.3 Å². The number of thioether (sulfide) groups is 1. The van der Waals surface area contributed by atoms with Crippen LogP contribution in [-0.4, -0.2) is 7.05 Å². The molecule has 2 aromatic carbocycles. The van der Waals surface area contributed by atoms with Crippen LogP contribution >= 0.6 is 23.4 Å². The smallest absolute Gasteiger partial charge is 0.0992 e. The molecule has 2 aromatic rings. The maximum atomic E-state index is 8.82. The molecule has 20 heavy (non-hydrogen) atoms. The van der Waals surface area contributed by atoms with E-state index in [1.54, 1.807) is 23.9 Å². The molecule has 1 N–H and O–H groups in total. The molecule has 0 amide bonds. The zero-order valence-corrected chi connectivity index (χ0v) is 12.8. The first-order valence-electron chi connectivity index (χ1n) is 6.28. The van der Waals surface area contributed by atoms with Crippen LogP contribution in [0.4, 0.5) is 0 Å². The van der Waals surface area contributed by atoms with E-state index in [9.17, 15) is 0 Å². The number of hydrogen-bond donors (Lipinski definition) is 1. The van der Waals surface area contributed by atoms with E-state index in [0.29, 0.717) is 10.6 Å². The van der Waals surface area contributed by atoms with Gasteiger partial charge in [-0.1, -0.05) is 29.8 Å². The highest BCUT2D eigenvalue weighted by Gasteiger charge is 2.03. The van der Waals surface area contributed by atoms with E-state index in [-0.39, 0.29) is 0 Å². The van der Waals surface area contributed by atoms with Gasteiger partial charge in [-0.25, -0.2) is 0 Å². The Morgan fingerprint density at radius 3 is 2.80 bits per heavy atom. The van der Waals surface area contributed by atoms with Crippen LogP contribution in [0.3, 0.4) is 0 Å². The van der Waals surface area contributed by atoms with E-state index in [0.717, 1.165) is 17.9 Å². The molecule has 0 radical (unpaired) electrons. The second-order valence-corrected chi connectivity index (χ2v) is 5.84. The van der Waals surface area contributed by atoms with Crippen molar-refractivity contribution in [3.63, 3.8) is 0 Å². The van der Waals surface area contributed by atoms with Gasteiger partial charge in [-0.05, 0) is 42.4 Å². The van der Waals surface area contributed by atoms with Gasteiger partial charge in [0.2, 0.25) is 0 Å². The summed E-state index contributed by atoms with van der Waals surface area (Å²) in [6.45, 7) is 0.867. The second kappa shape index (κ2) is 7.35. The zero-order valence-electron chi connectivity index (χ0n) is 11.2. The molecule has 0 saturated heterocycles. The van der Waals surface area contributed by atoms with Gasteiger partial charge >= 0.3 is 0 Å². The van der Waals surface area contributed by atoms with E-state index < -0.39 is 0 Å². The monoisotopic (exact) mass is 302 g/mol. The molecule has 0 heterocycles. The molecule has 0 atom stereocenters. The third kappa shape index (κ3) is 4.01. The van der Waals surface area contributed by atoms with Crippen molar-refractivity contribution in [2.45, 2.75) is 17.2 Å². The SMILES string of the molecule is CNCc1cccc(SCc2ccc(C#N)cc2Cl)c1. The molecule has 4 heteroatoms. The average molecular weight is 303 g/mol. The fourth-order valence-electron chi connectivity index (χ4n) is 1.84. The number of nitriles is 1.